The van der Waals surface area contributed by atoms with Gasteiger partial charge in [0.15, 0.2) is 0 Å². The fraction of sp³-hybridized carbons (Fsp3) is 0.636. The van der Waals surface area contributed by atoms with Crippen molar-refractivity contribution in [2.45, 2.75) is 116 Å². The summed E-state index contributed by atoms with van der Waals surface area (Å²) in [4.78, 5) is 0. The van der Waals surface area contributed by atoms with Gasteiger partial charge in [-0.2, -0.15) is 0 Å². The van der Waals surface area contributed by atoms with Gasteiger partial charge in [0.2, 0.25) is 0 Å². The van der Waals surface area contributed by atoms with Crippen molar-refractivity contribution in [2.75, 3.05) is 19.7 Å². The van der Waals surface area contributed by atoms with Crippen LogP contribution >= 0.6 is 0 Å². The third-order valence-corrected chi connectivity index (χ3v) is 7.70. The Morgan fingerprint density at radius 3 is 1.40 bits per heavy atom. The van der Waals surface area contributed by atoms with E-state index in [1.54, 1.807) is 0 Å². The van der Waals surface area contributed by atoms with Crippen LogP contribution in [0.4, 0.5) is 0 Å². The third-order valence-electron chi connectivity index (χ3n) is 7.70. The zero-order valence-electron chi connectivity index (χ0n) is 22.6. The second kappa shape index (κ2) is 16.9. The monoisotopic (exact) mass is 478 g/mol. The average molecular weight is 479 g/mol. The van der Waals surface area contributed by atoms with E-state index in [2.05, 4.69) is 67.6 Å². The molecule has 0 radical (unpaired) electrons. The highest BCUT2D eigenvalue weighted by Gasteiger charge is 2.37. The van der Waals surface area contributed by atoms with E-state index in [9.17, 15) is 0 Å². The summed E-state index contributed by atoms with van der Waals surface area (Å²) in [7, 11) is 0. The number of hydrogen-bond donors (Lipinski definition) is 0. The van der Waals surface area contributed by atoms with Crippen LogP contribution in [0.3, 0.4) is 0 Å². The summed E-state index contributed by atoms with van der Waals surface area (Å²) >= 11 is 0. The number of quaternary nitrogens is 1. The highest BCUT2D eigenvalue weighted by molar-refractivity contribution is 5.15. The molecule has 1 aliphatic heterocycles. The van der Waals surface area contributed by atoms with Gasteiger partial charge in [0.25, 0.3) is 0 Å². The van der Waals surface area contributed by atoms with Gasteiger partial charge in [-0.1, -0.05) is 145 Å². The van der Waals surface area contributed by atoms with Gasteiger partial charge in [-0.15, -0.1) is 0 Å². The van der Waals surface area contributed by atoms with Gasteiger partial charge >= 0.3 is 0 Å². The highest BCUT2D eigenvalue weighted by Crippen LogP contribution is 2.26. The lowest BCUT2D eigenvalue weighted by Gasteiger charge is -2.39. The second-order valence-electron chi connectivity index (χ2n) is 11.1. The predicted octanol–water partition coefficient (Wildman–Crippen LogP) is 9.08. The Bertz CT molecular complexity index is 714. The van der Waals surface area contributed by atoms with Gasteiger partial charge in [0, 0.05) is 11.1 Å². The molecule has 2 heteroatoms. The minimum Gasteiger partial charge on any atom is -0.367 e. The second-order valence-corrected chi connectivity index (χ2v) is 11.1. The quantitative estimate of drug-likeness (QED) is 0.0990. The minimum atomic E-state index is 0.453. The van der Waals surface area contributed by atoms with E-state index < -0.39 is 0 Å². The summed E-state index contributed by atoms with van der Waals surface area (Å²) in [6, 6.07) is 22.2. The van der Waals surface area contributed by atoms with Crippen molar-refractivity contribution in [1.82, 2.24) is 0 Å². The van der Waals surface area contributed by atoms with Crippen LogP contribution in [-0.4, -0.2) is 30.3 Å². The summed E-state index contributed by atoms with van der Waals surface area (Å²) in [5.41, 5.74) is 2.91. The third kappa shape index (κ3) is 12.2. The molecule has 1 aliphatic rings. The lowest BCUT2D eigenvalue weighted by molar-refractivity contribution is -0.954. The van der Waals surface area contributed by atoms with Crippen molar-refractivity contribution in [3.05, 3.63) is 71.8 Å². The molecule has 35 heavy (non-hydrogen) atoms. The zero-order chi connectivity index (χ0) is 24.4. The molecule has 3 rings (SSSR count). The van der Waals surface area contributed by atoms with Crippen LogP contribution in [0.5, 0.6) is 0 Å². The first kappa shape index (κ1) is 27.9. The van der Waals surface area contributed by atoms with Crippen LogP contribution in [0.2, 0.25) is 0 Å². The maximum absolute atomic E-state index is 5.75. The molecular formula is C33H52NO+. The van der Waals surface area contributed by atoms with Crippen molar-refractivity contribution in [3.8, 4) is 0 Å². The SMILES string of the molecule is CCCCCCCCCCCCCCCC[N+](Cc1ccccc1)(Cc1ccccc1)CC1CO1. The van der Waals surface area contributed by atoms with Crippen molar-refractivity contribution in [3.63, 3.8) is 0 Å². The Balaban J connectivity index is 1.38. The van der Waals surface area contributed by atoms with Crippen molar-refractivity contribution < 1.29 is 9.22 Å². The smallest absolute Gasteiger partial charge is 0.130 e. The molecular weight excluding hydrogens is 426 g/mol. The number of rotatable bonds is 21. The summed E-state index contributed by atoms with van der Waals surface area (Å²) in [6.07, 6.45) is 20.3. The largest absolute Gasteiger partial charge is 0.367 e. The Morgan fingerprint density at radius 2 is 1.00 bits per heavy atom. The van der Waals surface area contributed by atoms with Crippen molar-refractivity contribution in [2.24, 2.45) is 0 Å². The topological polar surface area (TPSA) is 12.5 Å². The molecule has 1 fully saturated rings. The van der Waals surface area contributed by atoms with E-state index >= 15 is 0 Å². The molecule has 2 aromatic rings. The molecule has 0 amide bonds. The number of hydrogen-bond acceptors (Lipinski definition) is 1. The molecule has 1 heterocycles. The molecule has 2 aromatic carbocycles. The van der Waals surface area contributed by atoms with Crippen LogP contribution in [0.25, 0.3) is 0 Å². The van der Waals surface area contributed by atoms with Crippen LogP contribution < -0.4 is 0 Å². The van der Waals surface area contributed by atoms with Gasteiger partial charge in [-0.05, 0) is 12.8 Å². The fourth-order valence-corrected chi connectivity index (χ4v) is 5.62. The number of epoxide rings is 1. The zero-order valence-corrected chi connectivity index (χ0v) is 22.6. The molecule has 0 N–H and O–H groups in total. The first-order valence-corrected chi connectivity index (χ1v) is 14.8. The molecule has 0 bridgehead atoms. The van der Waals surface area contributed by atoms with Gasteiger partial charge in [0.1, 0.15) is 25.7 Å². The summed E-state index contributed by atoms with van der Waals surface area (Å²) < 4.78 is 6.87. The Hall–Kier alpha value is -1.64. The lowest BCUT2D eigenvalue weighted by Crippen LogP contribution is -2.49. The highest BCUT2D eigenvalue weighted by atomic mass is 16.6. The van der Waals surface area contributed by atoms with Gasteiger partial charge in [-0.3, -0.25) is 0 Å². The molecule has 0 spiro atoms. The minimum absolute atomic E-state index is 0.453. The maximum Gasteiger partial charge on any atom is 0.130 e. The fourth-order valence-electron chi connectivity index (χ4n) is 5.62. The first-order chi connectivity index (χ1) is 17.3. The number of nitrogens with zero attached hydrogens (tertiary/aromatic N) is 1. The van der Waals surface area contributed by atoms with Crippen LogP contribution in [-0.2, 0) is 17.8 Å². The van der Waals surface area contributed by atoms with Crippen molar-refractivity contribution >= 4 is 0 Å². The molecule has 1 saturated heterocycles. The van der Waals surface area contributed by atoms with Crippen molar-refractivity contribution in [1.29, 1.82) is 0 Å². The average Bonchev–Trinajstić information content (AvgIpc) is 3.69. The van der Waals surface area contributed by atoms with E-state index in [0.29, 0.717) is 6.10 Å². The molecule has 1 unspecified atom stereocenters. The van der Waals surface area contributed by atoms with Crippen LogP contribution in [0.1, 0.15) is 108 Å². The lowest BCUT2D eigenvalue weighted by atomic mass is 10.0. The van der Waals surface area contributed by atoms with Crippen LogP contribution in [0, 0.1) is 0 Å². The summed E-state index contributed by atoms with van der Waals surface area (Å²) in [5, 5.41) is 0. The van der Waals surface area contributed by atoms with E-state index in [1.165, 1.54) is 108 Å². The molecule has 0 saturated carbocycles. The van der Waals surface area contributed by atoms with Gasteiger partial charge in [-0.25, -0.2) is 0 Å². The summed E-state index contributed by atoms with van der Waals surface area (Å²) in [6.45, 7) is 7.85. The maximum atomic E-state index is 5.75. The Kier molecular flexibility index (Phi) is 13.5. The van der Waals surface area contributed by atoms with E-state index in [-0.39, 0.29) is 0 Å². The molecule has 2 nitrogen and oxygen atoms in total. The molecule has 1 atom stereocenters. The number of benzene rings is 2. The Labute approximate surface area is 216 Å². The first-order valence-electron chi connectivity index (χ1n) is 14.8. The van der Waals surface area contributed by atoms with E-state index in [1.807, 2.05) is 0 Å². The number of ether oxygens (including phenoxy) is 1. The number of unbranched alkanes of at least 4 members (excludes halogenated alkanes) is 13. The van der Waals surface area contributed by atoms with E-state index in [0.717, 1.165) is 30.7 Å². The molecule has 0 aliphatic carbocycles. The van der Waals surface area contributed by atoms with E-state index in [4.69, 9.17) is 4.74 Å². The molecule has 194 valence electrons. The molecule has 0 aromatic heterocycles. The standard InChI is InChI=1S/C33H52NO/c1-2-3-4-5-6-7-8-9-10-11-12-13-14-21-26-34(29-33-30-35-33,27-31-22-17-15-18-23-31)28-32-24-19-16-20-25-32/h15-20,22-25,33H,2-14,21,26-30H2,1H3/q+1. The summed E-state index contributed by atoms with van der Waals surface area (Å²) in [5.74, 6) is 0. The van der Waals surface area contributed by atoms with Crippen LogP contribution in [0.15, 0.2) is 60.7 Å². The Morgan fingerprint density at radius 1 is 0.600 bits per heavy atom. The normalized spacial score (nSPS) is 15.4. The van der Waals surface area contributed by atoms with Gasteiger partial charge in [0.05, 0.1) is 13.2 Å². The van der Waals surface area contributed by atoms with Gasteiger partial charge < -0.3 is 9.22 Å². The predicted molar refractivity (Wildman–Crippen MR) is 150 cm³/mol.